The Bertz CT molecular complexity index is 1370. The molecule has 1 aromatic heterocycles. The number of esters is 1. The van der Waals surface area contributed by atoms with E-state index in [9.17, 15) is 14.0 Å². The number of carbonyl (C=O) groups is 1. The zero-order valence-electron chi connectivity index (χ0n) is 17.1. The second kappa shape index (κ2) is 8.31. The molecule has 4 rings (SSSR count). The predicted octanol–water partition coefficient (Wildman–Crippen LogP) is 2.56. The third kappa shape index (κ3) is 3.70. The molecule has 1 unspecified atom stereocenters. The monoisotopic (exact) mass is 438 g/mol. The maximum Gasteiger partial charge on any atom is 0.338 e. The van der Waals surface area contributed by atoms with E-state index >= 15 is 0 Å². The van der Waals surface area contributed by atoms with Crippen LogP contribution in [0.4, 0.5) is 4.39 Å². The van der Waals surface area contributed by atoms with Crippen molar-refractivity contribution in [2.24, 2.45) is 4.99 Å². The van der Waals surface area contributed by atoms with Gasteiger partial charge in [0, 0.05) is 5.56 Å². The van der Waals surface area contributed by atoms with Gasteiger partial charge in [-0.15, -0.1) is 0 Å². The van der Waals surface area contributed by atoms with Crippen LogP contribution in [-0.4, -0.2) is 24.8 Å². The molecule has 0 radical (unpaired) electrons. The normalized spacial score (nSPS) is 16.0. The predicted molar refractivity (Wildman–Crippen MR) is 115 cm³/mol. The van der Waals surface area contributed by atoms with Crippen LogP contribution < -0.4 is 19.6 Å². The first-order valence-electron chi connectivity index (χ1n) is 9.44. The molecule has 1 aliphatic rings. The average Bonchev–Trinajstić information content (AvgIpc) is 3.08. The second-order valence-corrected chi connectivity index (χ2v) is 7.88. The van der Waals surface area contributed by atoms with Crippen LogP contribution in [0.2, 0.25) is 0 Å². The van der Waals surface area contributed by atoms with Crippen LogP contribution in [0.15, 0.2) is 69.6 Å². The van der Waals surface area contributed by atoms with Crippen LogP contribution >= 0.6 is 11.3 Å². The summed E-state index contributed by atoms with van der Waals surface area (Å²) in [4.78, 5) is 30.8. The standard InChI is InChI=1S/C23H19FN2O4S/c1-13-19(22(28)30-3)20(16-6-4-5-7-17(16)24)26-21(27)18(31-23(26)25-13)12-14-8-10-15(29-2)11-9-14/h4-12,20H,1-3H3. The molecule has 0 spiro atoms. The van der Waals surface area contributed by atoms with Gasteiger partial charge < -0.3 is 9.47 Å². The number of benzene rings is 2. The fraction of sp³-hybridized carbons (Fsp3) is 0.174. The van der Waals surface area contributed by atoms with Gasteiger partial charge in [0.25, 0.3) is 5.56 Å². The number of allylic oxidation sites excluding steroid dienone is 1. The molecule has 1 aliphatic heterocycles. The van der Waals surface area contributed by atoms with Crippen molar-refractivity contribution in [3.05, 3.63) is 96.4 Å². The number of nitrogens with zero attached hydrogens (tertiary/aromatic N) is 2. The lowest BCUT2D eigenvalue weighted by molar-refractivity contribution is -0.136. The lowest BCUT2D eigenvalue weighted by atomic mass is 9.95. The van der Waals surface area contributed by atoms with Crippen molar-refractivity contribution in [2.45, 2.75) is 13.0 Å². The molecule has 0 saturated heterocycles. The number of hydrogen-bond donors (Lipinski definition) is 0. The highest BCUT2D eigenvalue weighted by Gasteiger charge is 2.34. The van der Waals surface area contributed by atoms with Crippen molar-refractivity contribution < 1.29 is 18.7 Å². The van der Waals surface area contributed by atoms with Crippen molar-refractivity contribution in [1.29, 1.82) is 0 Å². The zero-order valence-corrected chi connectivity index (χ0v) is 17.9. The Balaban J connectivity index is 1.96. The number of halogens is 1. The van der Waals surface area contributed by atoms with Gasteiger partial charge >= 0.3 is 5.97 Å². The molecular formula is C23H19FN2O4S. The number of hydrogen-bond acceptors (Lipinski definition) is 6. The maximum atomic E-state index is 14.8. The molecule has 2 heterocycles. The molecule has 0 saturated carbocycles. The number of rotatable bonds is 4. The number of aromatic nitrogens is 1. The van der Waals surface area contributed by atoms with E-state index < -0.39 is 17.8 Å². The van der Waals surface area contributed by atoms with E-state index in [2.05, 4.69) is 4.99 Å². The number of thiazole rings is 1. The van der Waals surface area contributed by atoms with E-state index in [1.165, 1.54) is 29.1 Å². The molecule has 0 fully saturated rings. The van der Waals surface area contributed by atoms with Crippen LogP contribution in [-0.2, 0) is 9.53 Å². The average molecular weight is 438 g/mol. The molecule has 0 bridgehead atoms. The highest BCUT2D eigenvalue weighted by Crippen LogP contribution is 2.31. The summed E-state index contributed by atoms with van der Waals surface area (Å²) in [5.41, 5.74) is 1.17. The minimum absolute atomic E-state index is 0.135. The van der Waals surface area contributed by atoms with Crippen molar-refractivity contribution in [2.75, 3.05) is 14.2 Å². The van der Waals surface area contributed by atoms with Gasteiger partial charge in [-0.3, -0.25) is 9.36 Å². The highest BCUT2D eigenvalue weighted by molar-refractivity contribution is 7.07. The number of methoxy groups -OCH3 is 2. The minimum Gasteiger partial charge on any atom is -0.497 e. The third-order valence-electron chi connectivity index (χ3n) is 5.04. The van der Waals surface area contributed by atoms with Gasteiger partial charge in [0.1, 0.15) is 17.6 Å². The summed E-state index contributed by atoms with van der Waals surface area (Å²) in [6, 6.07) is 12.4. The van der Waals surface area contributed by atoms with Gasteiger partial charge in [-0.25, -0.2) is 14.2 Å². The summed E-state index contributed by atoms with van der Waals surface area (Å²) in [5, 5.41) is 0. The van der Waals surface area contributed by atoms with Gasteiger partial charge in [-0.2, -0.15) is 0 Å². The number of ether oxygens (including phenoxy) is 2. The molecule has 31 heavy (non-hydrogen) atoms. The van der Waals surface area contributed by atoms with Crippen LogP contribution in [0, 0.1) is 5.82 Å². The van der Waals surface area contributed by atoms with Crippen molar-refractivity contribution in [3.63, 3.8) is 0 Å². The van der Waals surface area contributed by atoms with E-state index in [1.807, 2.05) is 12.1 Å². The van der Waals surface area contributed by atoms with E-state index in [0.717, 1.165) is 5.56 Å². The number of fused-ring (bicyclic) bond motifs is 1. The Labute approximate surface area is 181 Å². The van der Waals surface area contributed by atoms with Gasteiger partial charge in [0.15, 0.2) is 4.80 Å². The summed E-state index contributed by atoms with van der Waals surface area (Å²) in [6.07, 6.45) is 1.73. The van der Waals surface area contributed by atoms with E-state index in [-0.39, 0.29) is 16.7 Å². The molecule has 0 aliphatic carbocycles. The Kier molecular flexibility index (Phi) is 5.56. The molecular weight excluding hydrogens is 419 g/mol. The first-order chi connectivity index (χ1) is 14.9. The summed E-state index contributed by atoms with van der Waals surface area (Å²) in [6.45, 7) is 1.65. The highest BCUT2D eigenvalue weighted by atomic mass is 32.1. The van der Waals surface area contributed by atoms with Crippen LogP contribution in [0.25, 0.3) is 6.08 Å². The summed E-state index contributed by atoms with van der Waals surface area (Å²) >= 11 is 1.18. The first kappa shape index (κ1) is 20.7. The maximum absolute atomic E-state index is 14.8. The SMILES string of the molecule is COC(=O)C1=C(C)N=c2sc(=Cc3ccc(OC)cc3)c(=O)n2C1c1ccccc1F. The van der Waals surface area contributed by atoms with Gasteiger partial charge in [0.05, 0.1) is 30.0 Å². The summed E-state index contributed by atoms with van der Waals surface area (Å²) in [7, 11) is 2.83. The minimum atomic E-state index is -0.970. The largest absolute Gasteiger partial charge is 0.497 e. The summed E-state index contributed by atoms with van der Waals surface area (Å²) in [5.74, 6) is -0.469. The Morgan fingerprint density at radius 3 is 2.52 bits per heavy atom. The van der Waals surface area contributed by atoms with Crippen molar-refractivity contribution in [1.82, 2.24) is 4.57 Å². The van der Waals surface area contributed by atoms with E-state index in [4.69, 9.17) is 9.47 Å². The molecule has 0 amide bonds. The molecule has 8 heteroatoms. The lowest BCUT2D eigenvalue weighted by Gasteiger charge is -2.24. The van der Waals surface area contributed by atoms with Crippen LogP contribution in [0.5, 0.6) is 5.75 Å². The Hall–Kier alpha value is -3.52. The van der Waals surface area contributed by atoms with Crippen LogP contribution in [0.3, 0.4) is 0 Å². The van der Waals surface area contributed by atoms with E-state index in [0.29, 0.717) is 20.8 Å². The fourth-order valence-electron chi connectivity index (χ4n) is 3.54. The smallest absolute Gasteiger partial charge is 0.338 e. The molecule has 2 aromatic carbocycles. The topological polar surface area (TPSA) is 69.9 Å². The summed E-state index contributed by atoms with van der Waals surface area (Å²) < 4.78 is 26.6. The molecule has 158 valence electrons. The quantitative estimate of drug-likeness (QED) is 0.587. The van der Waals surface area contributed by atoms with Gasteiger partial charge in [-0.1, -0.05) is 41.7 Å². The second-order valence-electron chi connectivity index (χ2n) is 6.87. The van der Waals surface area contributed by atoms with Crippen LogP contribution in [0.1, 0.15) is 24.1 Å². The third-order valence-corrected chi connectivity index (χ3v) is 6.02. The molecule has 1 atom stereocenters. The van der Waals surface area contributed by atoms with Gasteiger partial charge in [0.2, 0.25) is 0 Å². The Morgan fingerprint density at radius 2 is 1.87 bits per heavy atom. The van der Waals surface area contributed by atoms with Gasteiger partial charge in [-0.05, 0) is 36.8 Å². The first-order valence-corrected chi connectivity index (χ1v) is 10.3. The van der Waals surface area contributed by atoms with Crippen molar-refractivity contribution >= 4 is 23.4 Å². The lowest BCUT2D eigenvalue weighted by Crippen LogP contribution is -2.40. The molecule has 3 aromatic rings. The Morgan fingerprint density at radius 1 is 1.16 bits per heavy atom. The zero-order chi connectivity index (χ0) is 22.1. The molecule has 0 N–H and O–H groups in total. The van der Waals surface area contributed by atoms with E-state index in [1.54, 1.807) is 50.4 Å². The number of carbonyl (C=O) groups excluding carboxylic acids is 1. The molecule has 6 nitrogen and oxygen atoms in total. The fourth-order valence-corrected chi connectivity index (χ4v) is 4.58. The van der Waals surface area contributed by atoms with Crippen molar-refractivity contribution in [3.8, 4) is 5.75 Å².